The lowest BCUT2D eigenvalue weighted by atomic mass is 9.70. The van der Waals surface area contributed by atoms with Gasteiger partial charge < -0.3 is 4.57 Å². The molecule has 0 bridgehead atoms. The molecule has 0 saturated heterocycles. The molecular weight excluding hydrogens is 741 g/mol. The van der Waals surface area contributed by atoms with E-state index < -0.39 is 5.41 Å². The van der Waals surface area contributed by atoms with Crippen molar-refractivity contribution in [1.29, 1.82) is 0 Å². The molecule has 0 saturated carbocycles. The summed E-state index contributed by atoms with van der Waals surface area (Å²) in [5.41, 5.74) is 16.7. The molecule has 0 unspecified atom stereocenters. The van der Waals surface area contributed by atoms with Gasteiger partial charge in [0.2, 0.25) is 0 Å². The van der Waals surface area contributed by atoms with Gasteiger partial charge in [-0.2, -0.15) is 0 Å². The van der Waals surface area contributed by atoms with E-state index in [1.54, 1.807) is 0 Å². The predicted octanol–water partition coefficient (Wildman–Crippen LogP) is 14.1. The van der Waals surface area contributed by atoms with Crippen LogP contribution in [0.4, 0.5) is 17.3 Å². The highest BCUT2D eigenvalue weighted by atomic mass is 15.2. The molecule has 0 amide bonds. The Kier molecular flexibility index (Phi) is 7.19. The van der Waals surface area contributed by atoms with Gasteiger partial charge in [-0.25, -0.2) is 9.97 Å². The Morgan fingerprint density at radius 1 is 0.410 bits per heavy atom. The fourth-order valence-corrected chi connectivity index (χ4v) is 10.6. The summed E-state index contributed by atoms with van der Waals surface area (Å²) in [5.74, 6) is 1.63. The van der Waals surface area contributed by atoms with Crippen LogP contribution in [0.5, 0.6) is 0 Å². The van der Waals surface area contributed by atoms with Crippen LogP contribution in [-0.2, 0) is 5.41 Å². The summed E-state index contributed by atoms with van der Waals surface area (Å²) < 4.78 is 2.42. The van der Waals surface area contributed by atoms with Crippen molar-refractivity contribution in [1.82, 2.24) is 14.5 Å². The number of benzene rings is 8. The van der Waals surface area contributed by atoms with Crippen molar-refractivity contribution in [2.75, 3.05) is 4.90 Å². The van der Waals surface area contributed by atoms with Crippen LogP contribution in [0.1, 0.15) is 33.4 Å². The van der Waals surface area contributed by atoms with E-state index in [-0.39, 0.29) is 0 Å². The highest BCUT2D eigenvalue weighted by Crippen LogP contribution is 2.63. The Morgan fingerprint density at radius 2 is 1.02 bits per heavy atom. The minimum Gasteiger partial charge on any atom is -0.309 e. The zero-order valence-corrected chi connectivity index (χ0v) is 33.1. The van der Waals surface area contributed by atoms with Crippen LogP contribution in [0, 0.1) is 0 Å². The zero-order chi connectivity index (χ0) is 40.1. The molecule has 3 heterocycles. The quantitative estimate of drug-likeness (QED) is 0.125. The molecule has 2 aliphatic carbocycles. The molecule has 13 rings (SSSR count). The van der Waals surface area contributed by atoms with E-state index in [4.69, 9.17) is 9.97 Å². The number of nitrogens with zero attached hydrogens (tertiary/aromatic N) is 4. The Labute approximate surface area is 353 Å². The minimum atomic E-state index is -0.528. The molecule has 61 heavy (non-hydrogen) atoms. The number of rotatable bonds is 6. The van der Waals surface area contributed by atoms with Gasteiger partial charge >= 0.3 is 0 Å². The monoisotopic (exact) mass is 776 g/mol. The maximum atomic E-state index is 4.82. The summed E-state index contributed by atoms with van der Waals surface area (Å²) in [5, 5.41) is 5.15. The van der Waals surface area contributed by atoms with E-state index in [9.17, 15) is 0 Å². The standard InChI is InChI=1S/C57H36N4/c1-2-14-41(15-3-1)60-51-20-12-13-39-26-27-40-33-38(35-52(60)56(40)55(39)51)24-23-37-25-29-45-46-30-28-42(61(53-21-8-10-31-58-53)54-22-9-11-32-59-54)36-50(46)57(49(45)34-37)47-18-6-4-16-43(47)44-17-5-7-19-48(44)57/h1-36H/b24-23+. The number of hydrogen-bond acceptors (Lipinski definition) is 3. The maximum Gasteiger partial charge on any atom is 0.138 e. The van der Waals surface area contributed by atoms with Gasteiger partial charge in [-0.15, -0.1) is 0 Å². The Hall–Kier alpha value is -8.08. The van der Waals surface area contributed by atoms with E-state index in [1.807, 2.05) is 48.8 Å². The molecule has 0 fully saturated rings. The molecule has 11 aromatic rings. The molecular formula is C57H36N4. The van der Waals surface area contributed by atoms with Gasteiger partial charge in [0.15, 0.2) is 0 Å². The first-order chi connectivity index (χ1) is 30.3. The summed E-state index contributed by atoms with van der Waals surface area (Å²) in [6.07, 6.45) is 8.27. The van der Waals surface area contributed by atoms with Gasteiger partial charge in [-0.1, -0.05) is 133 Å². The summed E-state index contributed by atoms with van der Waals surface area (Å²) in [7, 11) is 0. The van der Waals surface area contributed by atoms with E-state index in [1.165, 1.54) is 88.3 Å². The van der Waals surface area contributed by atoms with Crippen LogP contribution in [0.15, 0.2) is 207 Å². The smallest absolute Gasteiger partial charge is 0.138 e. The number of para-hydroxylation sites is 1. The van der Waals surface area contributed by atoms with Gasteiger partial charge in [0.1, 0.15) is 11.6 Å². The van der Waals surface area contributed by atoms with Crippen molar-refractivity contribution in [2.45, 2.75) is 5.41 Å². The molecule has 284 valence electrons. The molecule has 2 aliphatic rings. The largest absolute Gasteiger partial charge is 0.309 e. The average Bonchev–Trinajstić information content (AvgIpc) is 3.93. The third-order valence-electron chi connectivity index (χ3n) is 13.0. The van der Waals surface area contributed by atoms with Gasteiger partial charge in [0, 0.05) is 34.5 Å². The van der Waals surface area contributed by atoms with E-state index in [2.05, 4.69) is 179 Å². The van der Waals surface area contributed by atoms with Gasteiger partial charge in [0.25, 0.3) is 0 Å². The highest BCUT2D eigenvalue weighted by molar-refractivity contribution is 6.24. The maximum absolute atomic E-state index is 4.82. The first-order valence-electron chi connectivity index (χ1n) is 20.9. The molecule has 0 aliphatic heterocycles. The fourth-order valence-electron chi connectivity index (χ4n) is 10.6. The number of anilines is 3. The lowest BCUT2D eigenvalue weighted by molar-refractivity contribution is 0.793. The second-order valence-electron chi connectivity index (χ2n) is 16.2. The second-order valence-corrected chi connectivity index (χ2v) is 16.2. The van der Waals surface area contributed by atoms with E-state index >= 15 is 0 Å². The molecule has 8 aromatic carbocycles. The lowest BCUT2D eigenvalue weighted by Crippen LogP contribution is -2.26. The Morgan fingerprint density at radius 3 is 1.74 bits per heavy atom. The first kappa shape index (κ1) is 33.8. The molecule has 3 aromatic heterocycles. The molecule has 1 spiro atoms. The highest BCUT2D eigenvalue weighted by Gasteiger charge is 2.51. The van der Waals surface area contributed by atoms with E-state index in [0.717, 1.165) is 22.9 Å². The molecule has 0 N–H and O–H groups in total. The lowest BCUT2D eigenvalue weighted by Gasteiger charge is -2.32. The van der Waals surface area contributed by atoms with Crippen LogP contribution < -0.4 is 4.90 Å². The number of aromatic nitrogens is 3. The topological polar surface area (TPSA) is 34.0 Å². The van der Waals surface area contributed by atoms with Crippen molar-refractivity contribution in [2.24, 2.45) is 0 Å². The number of fused-ring (bicyclic) bond motifs is 10. The SMILES string of the molecule is C(=C\c1cc2ccc3cccc4c3c2c(c1)n4-c1ccccc1)/c1ccc2c(c1)C1(c3ccccc3-c3ccccc31)c1cc(N(c3ccccn3)c3ccccn3)ccc1-2. The molecule has 4 nitrogen and oxygen atoms in total. The summed E-state index contributed by atoms with van der Waals surface area (Å²) in [6.45, 7) is 0. The normalized spacial score (nSPS) is 13.3. The number of pyridine rings is 2. The van der Waals surface area contributed by atoms with E-state index in [0.29, 0.717) is 0 Å². The van der Waals surface area contributed by atoms with Crippen LogP contribution >= 0.6 is 0 Å². The predicted molar refractivity (Wildman–Crippen MR) is 251 cm³/mol. The third-order valence-corrected chi connectivity index (χ3v) is 13.0. The third kappa shape index (κ3) is 4.82. The van der Waals surface area contributed by atoms with Crippen LogP contribution in [0.25, 0.3) is 72.7 Å². The van der Waals surface area contributed by atoms with Crippen LogP contribution in [0.2, 0.25) is 0 Å². The Balaban J connectivity index is 1.000. The average molecular weight is 777 g/mol. The van der Waals surface area contributed by atoms with Crippen molar-refractivity contribution in [3.63, 3.8) is 0 Å². The van der Waals surface area contributed by atoms with Gasteiger partial charge in [-0.3, -0.25) is 4.90 Å². The van der Waals surface area contributed by atoms with Crippen molar-refractivity contribution in [3.05, 3.63) is 240 Å². The van der Waals surface area contributed by atoms with Crippen molar-refractivity contribution >= 4 is 62.1 Å². The first-order valence-corrected chi connectivity index (χ1v) is 20.9. The summed E-state index contributed by atoms with van der Waals surface area (Å²) >= 11 is 0. The number of hydrogen-bond donors (Lipinski definition) is 0. The molecule has 0 atom stereocenters. The van der Waals surface area contributed by atoms with Gasteiger partial charge in [-0.05, 0) is 139 Å². The van der Waals surface area contributed by atoms with Crippen LogP contribution in [0.3, 0.4) is 0 Å². The molecule has 0 radical (unpaired) electrons. The summed E-state index contributed by atoms with van der Waals surface area (Å²) in [6, 6.07) is 70.6. The molecule has 4 heteroatoms. The van der Waals surface area contributed by atoms with Crippen molar-refractivity contribution < 1.29 is 0 Å². The van der Waals surface area contributed by atoms with Gasteiger partial charge in [0.05, 0.1) is 16.4 Å². The summed E-state index contributed by atoms with van der Waals surface area (Å²) in [4.78, 5) is 11.8. The van der Waals surface area contributed by atoms with Crippen LogP contribution in [-0.4, -0.2) is 14.5 Å². The minimum absolute atomic E-state index is 0.528. The zero-order valence-electron chi connectivity index (χ0n) is 33.1. The van der Waals surface area contributed by atoms with Crippen molar-refractivity contribution in [3.8, 4) is 27.9 Å². The Bertz CT molecular complexity index is 3450. The second kappa shape index (κ2) is 13.0. The fraction of sp³-hybridized carbons (Fsp3) is 0.0175.